The van der Waals surface area contributed by atoms with Gasteiger partial charge in [0, 0.05) is 19.6 Å². The van der Waals surface area contributed by atoms with Crippen LogP contribution in [0.2, 0.25) is 0 Å². The number of sulfonamides is 1. The fourth-order valence-corrected chi connectivity index (χ4v) is 5.27. The number of nitrogens with zero attached hydrogens (tertiary/aromatic N) is 1. The minimum absolute atomic E-state index is 0.0583. The topological polar surface area (TPSA) is 207 Å². The molecule has 194 valence electrons. The summed E-state index contributed by atoms with van der Waals surface area (Å²) in [4.78, 5) is 36.4. The molecule has 0 saturated carbocycles. The van der Waals surface area contributed by atoms with Crippen molar-refractivity contribution in [1.29, 1.82) is 5.41 Å². The van der Waals surface area contributed by atoms with Gasteiger partial charge in [-0.05, 0) is 44.2 Å². The summed E-state index contributed by atoms with van der Waals surface area (Å²) >= 11 is 0. The monoisotopic (exact) mass is 511 g/mol. The van der Waals surface area contributed by atoms with Crippen LogP contribution in [0.1, 0.15) is 32.1 Å². The maximum absolute atomic E-state index is 12.9. The van der Waals surface area contributed by atoms with Gasteiger partial charge in [-0.1, -0.05) is 18.2 Å². The summed E-state index contributed by atoms with van der Waals surface area (Å²) in [5.41, 5.74) is 5.18. The van der Waals surface area contributed by atoms with Gasteiger partial charge < -0.3 is 32.1 Å². The van der Waals surface area contributed by atoms with E-state index in [4.69, 9.17) is 11.1 Å². The van der Waals surface area contributed by atoms with Crippen molar-refractivity contribution in [3.8, 4) is 0 Å². The van der Waals surface area contributed by atoms with Gasteiger partial charge in [-0.2, -0.15) is 4.31 Å². The molecular weight excluding hydrogens is 478 g/mol. The number of carbonyl (C=O) groups excluding carboxylic acids is 2. The first-order chi connectivity index (χ1) is 16.6. The number of urea groups is 1. The number of unbranched alkanes of at least 4 members (excludes halogenated alkanes) is 2. The van der Waals surface area contributed by atoms with Crippen molar-refractivity contribution in [3.05, 3.63) is 30.3 Å². The van der Waals surface area contributed by atoms with Crippen LogP contribution >= 0.6 is 0 Å². The number of carboxylic acid groups (broad SMARTS) is 1. The number of rotatable bonds is 13. The first kappa shape index (κ1) is 27.9. The van der Waals surface area contributed by atoms with Crippen LogP contribution in [0.5, 0.6) is 0 Å². The van der Waals surface area contributed by atoms with Crippen molar-refractivity contribution in [2.24, 2.45) is 5.73 Å². The molecular formula is C21H33N7O6S. The number of nitrogens with one attached hydrogen (secondary N) is 5. The Bertz CT molecular complexity index is 989. The zero-order chi connectivity index (χ0) is 25.8. The third-order valence-corrected chi connectivity index (χ3v) is 7.31. The Morgan fingerprint density at radius 3 is 2.37 bits per heavy atom. The Balaban J connectivity index is 1.82. The number of aliphatic carboxylic acids is 1. The quantitative estimate of drug-likeness (QED) is 0.103. The minimum atomic E-state index is -3.91. The van der Waals surface area contributed by atoms with Gasteiger partial charge in [0.05, 0.1) is 11.4 Å². The third-order valence-electron chi connectivity index (χ3n) is 5.39. The predicted molar refractivity (Wildman–Crippen MR) is 128 cm³/mol. The summed E-state index contributed by atoms with van der Waals surface area (Å²) in [7, 11) is -3.91. The standard InChI is InChI=1S/C21H33N7O6S/c22-20(23)24-11-5-2-6-12-25-21(32)26-14-16(19(30)31)27-18(29)17-10-7-13-28(17)35(33,34)15-8-3-1-4-9-15/h1,3-4,8-9,16-17H,2,5-7,10-14H2,(H,27,29)(H,30,31)(H4,22,23,24)(H2,25,26,32)/t16-,17-/m1/s1. The lowest BCUT2D eigenvalue weighted by Crippen LogP contribution is -2.54. The molecule has 1 aliphatic heterocycles. The fourth-order valence-electron chi connectivity index (χ4n) is 3.59. The molecule has 8 N–H and O–H groups in total. The van der Waals surface area contributed by atoms with E-state index in [2.05, 4.69) is 21.3 Å². The van der Waals surface area contributed by atoms with Crippen molar-refractivity contribution in [2.45, 2.75) is 49.1 Å². The summed E-state index contributed by atoms with van der Waals surface area (Å²) in [5, 5.41) is 26.5. The van der Waals surface area contributed by atoms with Crippen LogP contribution in [0.3, 0.4) is 0 Å². The lowest BCUT2D eigenvalue weighted by Gasteiger charge is -2.25. The number of guanidine groups is 1. The lowest BCUT2D eigenvalue weighted by atomic mass is 10.2. The number of carbonyl (C=O) groups is 3. The minimum Gasteiger partial charge on any atom is -0.480 e. The van der Waals surface area contributed by atoms with E-state index >= 15 is 0 Å². The van der Waals surface area contributed by atoms with E-state index < -0.39 is 40.0 Å². The van der Waals surface area contributed by atoms with Crippen molar-refractivity contribution in [1.82, 2.24) is 25.6 Å². The SMILES string of the molecule is N=C(N)NCCCCCNC(=O)NC[C@@H](NC(=O)[C@H]1CCCN1S(=O)(=O)c1ccccc1)C(=O)O. The van der Waals surface area contributed by atoms with Gasteiger partial charge in [0.2, 0.25) is 15.9 Å². The summed E-state index contributed by atoms with van der Waals surface area (Å²) in [6, 6.07) is 4.69. The van der Waals surface area contributed by atoms with Crippen LogP contribution < -0.4 is 27.0 Å². The molecule has 13 nitrogen and oxygen atoms in total. The van der Waals surface area contributed by atoms with E-state index in [0.29, 0.717) is 25.9 Å². The Hall–Kier alpha value is -3.39. The molecule has 0 bridgehead atoms. The van der Waals surface area contributed by atoms with E-state index in [0.717, 1.165) is 17.1 Å². The fraction of sp³-hybridized carbons (Fsp3) is 0.524. The molecule has 1 aromatic carbocycles. The van der Waals surface area contributed by atoms with E-state index in [-0.39, 0.29) is 30.4 Å². The second-order valence-corrected chi connectivity index (χ2v) is 9.91. The molecule has 1 aliphatic rings. The van der Waals surface area contributed by atoms with Crippen LogP contribution in [-0.4, -0.2) is 80.0 Å². The summed E-state index contributed by atoms with van der Waals surface area (Å²) in [6.07, 6.45) is 2.97. The number of benzene rings is 1. The van der Waals surface area contributed by atoms with E-state index in [1.54, 1.807) is 18.2 Å². The molecule has 1 heterocycles. The van der Waals surface area contributed by atoms with Crippen molar-refractivity contribution in [2.75, 3.05) is 26.2 Å². The van der Waals surface area contributed by atoms with Crippen LogP contribution in [0.4, 0.5) is 4.79 Å². The second kappa shape index (κ2) is 13.5. The van der Waals surface area contributed by atoms with Crippen LogP contribution in [0.25, 0.3) is 0 Å². The first-order valence-electron chi connectivity index (χ1n) is 11.3. The molecule has 1 fully saturated rings. The van der Waals surface area contributed by atoms with Crippen molar-refractivity contribution >= 4 is 33.9 Å². The summed E-state index contributed by atoms with van der Waals surface area (Å²) in [6.45, 7) is 0.711. The average Bonchev–Trinajstić information content (AvgIpc) is 3.32. The molecule has 0 aromatic heterocycles. The van der Waals surface area contributed by atoms with Gasteiger partial charge in [0.15, 0.2) is 5.96 Å². The highest BCUT2D eigenvalue weighted by Crippen LogP contribution is 2.26. The molecule has 2 rings (SSSR count). The van der Waals surface area contributed by atoms with Crippen LogP contribution in [-0.2, 0) is 19.6 Å². The molecule has 1 saturated heterocycles. The van der Waals surface area contributed by atoms with Gasteiger partial charge in [-0.15, -0.1) is 0 Å². The second-order valence-electron chi connectivity index (χ2n) is 8.02. The predicted octanol–water partition coefficient (Wildman–Crippen LogP) is -0.638. The number of hydrogen-bond acceptors (Lipinski definition) is 6. The summed E-state index contributed by atoms with van der Waals surface area (Å²) in [5.74, 6) is -2.18. The third kappa shape index (κ3) is 8.72. The Kier molecular flexibility index (Phi) is 10.7. The molecule has 14 heteroatoms. The van der Waals surface area contributed by atoms with Crippen molar-refractivity contribution < 1.29 is 27.9 Å². The van der Waals surface area contributed by atoms with Gasteiger partial charge in [-0.3, -0.25) is 10.2 Å². The van der Waals surface area contributed by atoms with Crippen molar-refractivity contribution in [3.63, 3.8) is 0 Å². The number of hydrogen-bond donors (Lipinski definition) is 7. The smallest absolute Gasteiger partial charge is 0.328 e. The Morgan fingerprint density at radius 1 is 1.09 bits per heavy atom. The van der Waals surface area contributed by atoms with E-state index in [9.17, 15) is 27.9 Å². The molecule has 0 aliphatic carbocycles. The highest BCUT2D eigenvalue weighted by Gasteiger charge is 2.40. The van der Waals surface area contributed by atoms with Gasteiger partial charge in [-0.25, -0.2) is 18.0 Å². The molecule has 0 radical (unpaired) electrons. The van der Waals surface area contributed by atoms with Gasteiger partial charge in [0.1, 0.15) is 12.1 Å². The number of nitrogens with two attached hydrogens (primary N) is 1. The summed E-state index contributed by atoms with van der Waals surface area (Å²) < 4.78 is 27.0. The van der Waals surface area contributed by atoms with E-state index in [1.807, 2.05) is 0 Å². The maximum Gasteiger partial charge on any atom is 0.328 e. The van der Waals surface area contributed by atoms with E-state index in [1.165, 1.54) is 12.1 Å². The first-order valence-corrected chi connectivity index (χ1v) is 12.8. The Labute approximate surface area is 204 Å². The lowest BCUT2D eigenvalue weighted by molar-refractivity contribution is -0.142. The van der Waals surface area contributed by atoms with Crippen LogP contribution in [0, 0.1) is 5.41 Å². The normalized spacial score (nSPS) is 16.7. The molecule has 3 amide bonds. The molecule has 0 spiro atoms. The maximum atomic E-state index is 12.9. The zero-order valence-corrected chi connectivity index (χ0v) is 20.1. The molecule has 35 heavy (non-hydrogen) atoms. The Morgan fingerprint density at radius 2 is 1.74 bits per heavy atom. The van der Waals surface area contributed by atoms with Crippen LogP contribution in [0.15, 0.2) is 35.2 Å². The number of carboxylic acids is 1. The number of amides is 3. The zero-order valence-electron chi connectivity index (χ0n) is 19.3. The van der Waals surface area contributed by atoms with Gasteiger partial charge >= 0.3 is 12.0 Å². The molecule has 2 atom stereocenters. The molecule has 0 unspecified atom stereocenters. The average molecular weight is 512 g/mol. The largest absolute Gasteiger partial charge is 0.480 e. The van der Waals surface area contributed by atoms with Gasteiger partial charge in [0.25, 0.3) is 0 Å². The highest BCUT2D eigenvalue weighted by molar-refractivity contribution is 7.89. The highest BCUT2D eigenvalue weighted by atomic mass is 32.2. The molecule has 1 aromatic rings.